The minimum atomic E-state index is -0.163. The number of carbonyl (C=O) groups excluding carboxylic acids is 2. The molecule has 0 bridgehead atoms. The van der Waals surface area contributed by atoms with Crippen LogP contribution < -0.4 is 4.74 Å². The van der Waals surface area contributed by atoms with Gasteiger partial charge in [-0.3, -0.25) is 9.59 Å². The highest BCUT2D eigenvalue weighted by atomic mass is 16.5. The Balaban J connectivity index is 1.95. The van der Waals surface area contributed by atoms with Gasteiger partial charge in [-0.25, -0.2) is 0 Å². The second-order valence-corrected chi connectivity index (χ2v) is 6.43. The lowest BCUT2D eigenvalue weighted by Gasteiger charge is -2.07. The highest BCUT2D eigenvalue weighted by molar-refractivity contribution is 5.72. The van der Waals surface area contributed by atoms with Crippen molar-refractivity contribution in [2.24, 2.45) is 0 Å². The first-order valence-corrected chi connectivity index (χ1v) is 9.55. The molecule has 0 N–H and O–H groups in total. The first-order chi connectivity index (χ1) is 12.1. The van der Waals surface area contributed by atoms with Crippen LogP contribution in [0.4, 0.5) is 0 Å². The van der Waals surface area contributed by atoms with Crippen LogP contribution in [0.2, 0.25) is 0 Å². The van der Waals surface area contributed by atoms with Gasteiger partial charge in [0.05, 0.1) is 6.61 Å². The summed E-state index contributed by atoms with van der Waals surface area (Å²) in [4.78, 5) is 23.2. The largest absolute Gasteiger partial charge is 0.466 e. The van der Waals surface area contributed by atoms with Crippen LogP contribution in [0.15, 0.2) is 24.3 Å². The van der Waals surface area contributed by atoms with Gasteiger partial charge in [0.15, 0.2) is 0 Å². The standard InChI is InChI=1S/C21H32O4/c1-3-4-17-24-20(22)15-9-7-5-6-8-10-16-21(23)25-19-14-12-11-13-18(19)2/h11-14H,3-10,15-17H2,1-2H3. The molecule has 0 saturated heterocycles. The predicted molar refractivity (Wildman–Crippen MR) is 99.6 cm³/mol. The van der Waals surface area contributed by atoms with E-state index in [1.165, 1.54) is 0 Å². The number of benzene rings is 1. The Morgan fingerprint density at radius 3 is 2.08 bits per heavy atom. The van der Waals surface area contributed by atoms with Crippen molar-refractivity contribution < 1.29 is 19.1 Å². The number of carbonyl (C=O) groups is 2. The van der Waals surface area contributed by atoms with E-state index in [0.29, 0.717) is 25.2 Å². The molecule has 25 heavy (non-hydrogen) atoms. The Kier molecular flexibility index (Phi) is 11.4. The second kappa shape index (κ2) is 13.5. The SMILES string of the molecule is CCCCOC(=O)CCCCCCCCC(=O)Oc1ccccc1C. The molecule has 0 unspecified atom stereocenters. The lowest BCUT2D eigenvalue weighted by Crippen LogP contribution is -2.08. The van der Waals surface area contributed by atoms with E-state index in [1.54, 1.807) is 0 Å². The maximum absolute atomic E-state index is 11.8. The highest BCUT2D eigenvalue weighted by Crippen LogP contribution is 2.17. The topological polar surface area (TPSA) is 52.6 Å². The van der Waals surface area contributed by atoms with E-state index in [2.05, 4.69) is 6.92 Å². The van der Waals surface area contributed by atoms with Gasteiger partial charge in [-0.05, 0) is 37.8 Å². The van der Waals surface area contributed by atoms with Gasteiger partial charge in [0.1, 0.15) is 5.75 Å². The van der Waals surface area contributed by atoms with Crippen LogP contribution in [0, 0.1) is 6.92 Å². The third-order valence-electron chi connectivity index (χ3n) is 4.09. The smallest absolute Gasteiger partial charge is 0.311 e. The van der Waals surface area contributed by atoms with Crippen LogP contribution in [-0.2, 0) is 14.3 Å². The molecule has 0 fully saturated rings. The lowest BCUT2D eigenvalue weighted by atomic mass is 10.1. The molecular weight excluding hydrogens is 316 g/mol. The average Bonchev–Trinajstić information content (AvgIpc) is 2.59. The molecule has 0 amide bonds. The maximum atomic E-state index is 11.8. The van der Waals surface area contributed by atoms with Gasteiger partial charge in [-0.1, -0.05) is 57.2 Å². The average molecular weight is 348 g/mol. The van der Waals surface area contributed by atoms with Crippen LogP contribution in [0.25, 0.3) is 0 Å². The maximum Gasteiger partial charge on any atom is 0.311 e. The Labute approximate surface area is 151 Å². The summed E-state index contributed by atoms with van der Waals surface area (Å²) >= 11 is 0. The number of rotatable bonds is 13. The van der Waals surface area contributed by atoms with E-state index in [-0.39, 0.29) is 11.9 Å². The summed E-state index contributed by atoms with van der Waals surface area (Å²) in [5.74, 6) is 0.412. The Hall–Kier alpha value is -1.84. The van der Waals surface area contributed by atoms with Crippen LogP contribution in [0.5, 0.6) is 5.75 Å². The summed E-state index contributed by atoms with van der Waals surface area (Å²) in [6.45, 7) is 4.56. The zero-order chi connectivity index (χ0) is 18.3. The van der Waals surface area contributed by atoms with Gasteiger partial charge in [-0.15, -0.1) is 0 Å². The molecule has 4 nitrogen and oxygen atoms in total. The van der Waals surface area contributed by atoms with Crippen molar-refractivity contribution in [1.82, 2.24) is 0 Å². The summed E-state index contributed by atoms with van der Waals surface area (Å²) in [7, 11) is 0. The molecular formula is C21H32O4. The quantitative estimate of drug-likeness (QED) is 0.273. The van der Waals surface area contributed by atoms with E-state index in [0.717, 1.165) is 56.9 Å². The summed E-state index contributed by atoms with van der Waals surface area (Å²) in [5.41, 5.74) is 0.976. The van der Waals surface area contributed by atoms with Gasteiger partial charge in [-0.2, -0.15) is 0 Å². The summed E-state index contributed by atoms with van der Waals surface area (Å²) in [6.07, 6.45) is 8.94. The van der Waals surface area contributed by atoms with Gasteiger partial charge < -0.3 is 9.47 Å². The number of aryl methyl sites for hydroxylation is 1. The number of para-hydroxylation sites is 1. The van der Waals surface area contributed by atoms with E-state index < -0.39 is 0 Å². The van der Waals surface area contributed by atoms with Crippen molar-refractivity contribution >= 4 is 11.9 Å². The molecule has 0 saturated carbocycles. The number of esters is 2. The number of hydrogen-bond acceptors (Lipinski definition) is 4. The molecule has 1 aromatic carbocycles. The first-order valence-electron chi connectivity index (χ1n) is 9.55. The molecule has 0 aliphatic heterocycles. The number of unbranched alkanes of at least 4 members (excludes halogenated alkanes) is 6. The molecule has 0 aliphatic carbocycles. The van der Waals surface area contributed by atoms with Crippen molar-refractivity contribution in [3.05, 3.63) is 29.8 Å². The third-order valence-corrected chi connectivity index (χ3v) is 4.09. The van der Waals surface area contributed by atoms with Crippen LogP contribution >= 0.6 is 0 Å². The van der Waals surface area contributed by atoms with Gasteiger partial charge in [0.25, 0.3) is 0 Å². The van der Waals surface area contributed by atoms with Crippen LogP contribution in [0.3, 0.4) is 0 Å². The lowest BCUT2D eigenvalue weighted by molar-refractivity contribution is -0.144. The molecule has 1 aromatic rings. The highest BCUT2D eigenvalue weighted by Gasteiger charge is 2.06. The minimum absolute atomic E-state index is 0.0765. The third kappa shape index (κ3) is 10.6. The zero-order valence-electron chi connectivity index (χ0n) is 15.7. The monoisotopic (exact) mass is 348 g/mol. The molecule has 1 rings (SSSR count). The zero-order valence-corrected chi connectivity index (χ0v) is 15.7. The Morgan fingerprint density at radius 1 is 0.840 bits per heavy atom. The molecule has 0 radical (unpaired) electrons. The summed E-state index contributed by atoms with van der Waals surface area (Å²) in [5, 5.41) is 0. The number of ether oxygens (including phenoxy) is 2. The van der Waals surface area contributed by atoms with Crippen LogP contribution in [0.1, 0.15) is 76.7 Å². The Morgan fingerprint density at radius 2 is 1.44 bits per heavy atom. The van der Waals surface area contributed by atoms with Crippen molar-refractivity contribution in [1.29, 1.82) is 0 Å². The van der Waals surface area contributed by atoms with Crippen molar-refractivity contribution in [2.45, 2.75) is 78.1 Å². The second-order valence-electron chi connectivity index (χ2n) is 6.43. The first kappa shape index (κ1) is 21.2. The molecule has 140 valence electrons. The molecule has 0 aromatic heterocycles. The van der Waals surface area contributed by atoms with Crippen molar-refractivity contribution in [2.75, 3.05) is 6.61 Å². The fourth-order valence-electron chi connectivity index (χ4n) is 2.49. The fourth-order valence-corrected chi connectivity index (χ4v) is 2.49. The van der Waals surface area contributed by atoms with Crippen molar-refractivity contribution in [3.8, 4) is 5.75 Å². The van der Waals surface area contributed by atoms with E-state index in [4.69, 9.17) is 9.47 Å². The molecule has 0 heterocycles. The predicted octanol–water partition coefficient (Wildman–Crippen LogP) is 5.36. The molecule has 0 aliphatic rings. The fraction of sp³-hybridized carbons (Fsp3) is 0.619. The van der Waals surface area contributed by atoms with Gasteiger partial charge in [0.2, 0.25) is 0 Å². The molecule has 4 heteroatoms. The normalized spacial score (nSPS) is 10.5. The summed E-state index contributed by atoms with van der Waals surface area (Å²) in [6, 6.07) is 7.55. The van der Waals surface area contributed by atoms with E-state index >= 15 is 0 Å². The van der Waals surface area contributed by atoms with Crippen LogP contribution in [-0.4, -0.2) is 18.5 Å². The van der Waals surface area contributed by atoms with E-state index in [9.17, 15) is 9.59 Å². The van der Waals surface area contributed by atoms with E-state index in [1.807, 2.05) is 31.2 Å². The Bertz CT molecular complexity index is 510. The molecule has 0 atom stereocenters. The summed E-state index contributed by atoms with van der Waals surface area (Å²) < 4.78 is 10.5. The minimum Gasteiger partial charge on any atom is -0.466 e. The van der Waals surface area contributed by atoms with Crippen molar-refractivity contribution in [3.63, 3.8) is 0 Å². The van der Waals surface area contributed by atoms with Gasteiger partial charge in [0, 0.05) is 12.8 Å². The number of hydrogen-bond donors (Lipinski definition) is 0. The van der Waals surface area contributed by atoms with Gasteiger partial charge >= 0.3 is 11.9 Å². The molecule has 0 spiro atoms.